The van der Waals surface area contributed by atoms with Crippen LogP contribution in [0.25, 0.3) is 11.4 Å². The van der Waals surface area contributed by atoms with Gasteiger partial charge >= 0.3 is 0 Å². The minimum Gasteiger partial charge on any atom is -0.394 e. The van der Waals surface area contributed by atoms with E-state index in [1.54, 1.807) is 23.8 Å². The average Bonchev–Trinajstić information content (AvgIpc) is 3.40. The minimum absolute atomic E-state index is 0.373. The van der Waals surface area contributed by atoms with Gasteiger partial charge in [-0.05, 0) is 13.0 Å². The van der Waals surface area contributed by atoms with Crippen molar-refractivity contribution < 1.29 is 19.7 Å². The highest BCUT2D eigenvalue weighted by molar-refractivity contribution is 7.99. The van der Waals surface area contributed by atoms with Crippen molar-refractivity contribution >= 4 is 39.8 Å². The summed E-state index contributed by atoms with van der Waals surface area (Å²) in [6, 6.07) is 1.12. The lowest BCUT2D eigenvalue weighted by Crippen LogP contribution is -2.55. The first kappa shape index (κ1) is 22.4. The number of methoxy groups -OCH3 is 1. The molecule has 0 radical (unpaired) electrons. The molecule has 10 nitrogen and oxygen atoms in total. The van der Waals surface area contributed by atoms with Gasteiger partial charge in [0.1, 0.15) is 41.2 Å². The molecule has 0 spiro atoms. The van der Waals surface area contributed by atoms with Crippen molar-refractivity contribution in [3.63, 3.8) is 0 Å². The maximum atomic E-state index is 10.9. The number of halogens is 1. The molecule has 0 amide bonds. The van der Waals surface area contributed by atoms with Crippen molar-refractivity contribution in [3.8, 4) is 11.4 Å². The quantitative estimate of drug-likeness (QED) is 0.473. The summed E-state index contributed by atoms with van der Waals surface area (Å²) < 4.78 is 13.2. The maximum absolute atomic E-state index is 10.9. The molecule has 0 aliphatic carbocycles. The van der Waals surface area contributed by atoms with Crippen molar-refractivity contribution in [2.75, 3.05) is 19.5 Å². The van der Waals surface area contributed by atoms with Gasteiger partial charge in [0.25, 0.3) is 0 Å². The average molecular weight is 485 g/mol. The van der Waals surface area contributed by atoms with Gasteiger partial charge in [-0.3, -0.25) is 4.98 Å². The lowest BCUT2D eigenvalue weighted by atomic mass is 9.97. The molecule has 4 N–H and O–H groups in total. The van der Waals surface area contributed by atoms with Gasteiger partial charge in [-0.25, -0.2) is 9.67 Å². The second kappa shape index (κ2) is 9.36. The van der Waals surface area contributed by atoms with Crippen LogP contribution in [-0.2, 0) is 9.47 Å². The lowest BCUT2D eigenvalue weighted by molar-refractivity contribution is -0.186. The van der Waals surface area contributed by atoms with Gasteiger partial charge in [0.05, 0.1) is 23.5 Å². The van der Waals surface area contributed by atoms with Gasteiger partial charge in [0, 0.05) is 23.6 Å². The van der Waals surface area contributed by atoms with E-state index in [4.69, 9.17) is 26.8 Å². The number of ether oxygens (including phenoxy) is 2. The van der Waals surface area contributed by atoms with Crippen molar-refractivity contribution in [2.24, 2.45) is 0 Å². The lowest BCUT2D eigenvalue weighted by Gasteiger charge is -2.43. The molecule has 3 aromatic rings. The normalized spacial score (nSPS) is 26.3. The first-order valence-electron chi connectivity index (χ1n) is 9.30. The Balaban J connectivity index is 1.66. The van der Waals surface area contributed by atoms with Crippen molar-refractivity contribution in [1.82, 2.24) is 25.0 Å². The molecule has 4 rings (SSSR count). The molecule has 1 fully saturated rings. The van der Waals surface area contributed by atoms with Crippen LogP contribution >= 0.6 is 34.7 Å². The van der Waals surface area contributed by atoms with Crippen LogP contribution in [0.5, 0.6) is 0 Å². The van der Waals surface area contributed by atoms with E-state index in [0.717, 1.165) is 10.6 Å². The fourth-order valence-electron chi connectivity index (χ4n) is 3.39. The Bertz CT molecular complexity index is 1050. The Morgan fingerprint density at radius 1 is 1.42 bits per heavy atom. The third-order valence-corrected chi connectivity index (χ3v) is 7.11. The number of aliphatic hydroxyl groups excluding tert-OH is 2. The zero-order valence-electron chi connectivity index (χ0n) is 16.6. The highest BCUT2D eigenvalue weighted by Gasteiger charge is 2.47. The van der Waals surface area contributed by atoms with E-state index in [1.807, 2.05) is 6.92 Å². The summed E-state index contributed by atoms with van der Waals surface area (Å²) >= 11 is 8.77. The Hall–Kier alpha value is -1.80. The number of rotatable bonds is 6. The molecule has 31 heavy (non-hydrogen) atoms. The van der Waals surface area contributed by atoms with Crippen LogP contribution in [0.15, 0.2) is 28.7 Å². The first-order chi connectivity index (χ1) is 14.9. The van der Waals surface area contributed by atoms with E-state index in [9.17, 15) is 10.2 Å². The number of anilines is 1. The summed E-state index contributed by atoms with van der Waals surface area (Å²) in [5.41, 5.74) is 7.03. The molecule has 4 heterocycles. The maximum Gasteiger partial charge on any atom is 0.180 e. The number of aryl methyl sites for hydroxylation is 1. The Labute approximate surface area is 191 Å². The second-order valence-electron chi connectivity index (χ2n) is 6.92. The summed E-state index contributed by atoms with van der Waals surface area (Å²) in [5, 5.41) is 31.8. The number of pyridine rings is 1. The predicted molar refractivity (Wildman–Crippen MR) is 117 cm³/mol. The summed E-state index contributed by atoms with van der Waals surface area (Å²) in [6.07, 6.45) is 0.699. The molecule has 5 atom stereocenters. The third-order valence-electron chi connectivity index (χ3n) is 4.95. The zero-order chi connectivity index (χ0) is 22.1. The van der Waals surface area contributed by atoms with Crippen molar-refractivity contribution in [2.45, 2.75) is 41.6 Å². The molecule has 0 saturated carbocycles. The fourth-order valence-corrected chi connectivity index (χ4v) is 5.44. The minimum atomic E-state index is -1.08. The largest absolute Gasteiger partial charge is 0.394 e. The van der Waals surface area contributed by atoms with Gasteiger partial charge in [0.2, 0.25) is 0 Å². The van der Waals surface area contributed by atoms with Crippen molar-refractivity contribution in [1.29, 1.82) is 0 Å². The van der Waals surface area contributed by atoms with Gasteiger partial charge in [-0.1, -0.05) is 28.6 Å². The molecule has 0 bridgehead atoms. The number of thioether (sulfide) groups is 1. The molecule has 3 unspecified atom stereocenters. The number of hydrogen-bond donors (Lipinski definition) is 3. The number of nitrogens with two attached hydrogens (primary N) is 1. The molecule has 1 saturated heterocycles. The molecular formula is C18H21ClN6O4S2. The molecule has 1 aliphatic heterocycles. The molecule has 166 valence electrons. The van der Waals surface area contributed by atoms with Gasteiger partial charge in [-0.2, -0.15) is 0 Å². The summed E-state index contributed by atoms with van der Waals surface area (Å²) in [6.45, 7) is 1.49. The summed E-state index contributed by atoms with van der Waals surface area (Å²) in [5.74, 6) is 0. The van der Waals surface area contributed by atoms with E-state index in [0.29, 0.717) is 21.5 Å². The molecule has 0 aromatic carbocycles. The number of nitrogens with zero attached hydrogens (tertiary/aromatic N) is 5. The highest BCUT2D eigenvalue weighted by atomic mass is 35.5. The van der Waals surface area contributed by atoms with Crippen LogP contribution in [0.4, 0.5) is 5.13 Å². The van der Waals surface area contributed by atoms with Gasteiger partial charge in [0.15, 0.2) is 5.13 Å². The number of aromatic nitrogens is 5. The van der Waals surface area contributed by atoms with Crippen LogP contribution in [0, 0.1) is 6.92 Å². The number of thiazole rings is 1. The zero-order valence-corrected chi connectivity index (χ0v) is 19.0. The van der Waals surface area contributed by atoms with E-state index in [-0.39, 0.29) is 6.61 Å². The molecular weight excluding hydrogens is 464 g/mol. The van der Waals surface area contributed by atoms with E-state index in [2.05, 4.69) is 20.3 Å². The topological polar surface area (TPSA) is 141 Å². The standard InChI is InChI=1S/C18H21ClN6O4S2/c1-8-13(3-9(19)4-21-8)31-17-16(28-2)14(15(27)12(6-26)29-17)25-5-10(23-24-25)11-7-30-18(20)22-11/h3-5,7,12,14-17,26-27H,6H2,1-2H3,(H2,20,22)/t12?,14?,15-,16?,17+/m0/s1. The summed E-state index contributed by atoms with van der Waals surface area (Å²) in [4.78, 5) is 9.30. The molecule has 1 aliphatic rings. The van der Waals surface area contributed by atoms with E-state index in [1.165, 1.54) is 34.9 Å². The van der Waals surface area contributed by atoms with Gasteiger partial charge < -0.3 is 25.4 Å². The predicted octanol–water partition coefficient (Wildman–Crippen LogP) is 1.77. The molecule has 13 heteroatoms. The van der Waals surface area contributed by atoms with Crippen LogP contribution in [-0.4, -0.2) is 72.6 Å². The van der Waals surface area contributed by atoms with Crippen molar-refractivity contribution in [3.05, 3.63) is 34.6 Å². The number of nitrogen functional groups attached to an aromatic ring is 1. The van der Waals surface area contributed by atoms with Crippen LogP contribution in [0.3, 0.4) is 0 Å². The van der Waals surface area contributed by atoms with Gasteiger partial charge in [-0.15, -0.1) is 16.4 Å². The van der Waals surface area contributed by atoms with Crippen LogP contribution in [0.1, 0.15) is 11.7 Å². The monoisotopic (exact) mass is 484 g/mol. The fraction of sp³-hybridized carbons (Fsp3) is 0.444. The number of hydrogen-bond acceptors (Lipinski definition) is 11. The number of aliphatic hydroxyl groups is 2. The Kier molecular flexibility index (Phi) is 6.77. The first-order valence-corrected chi connectivity index (χ1v) is 11.4. The van der Waals surface area contributed by atoms with E-state index >= 15 is 0 Å². The molecule has 3 aromatic heterocycles. The summed E-state index contributed by atoms with van der Waals surface area (Å²) in [7, 11) is 1.53. The van der Waals surface area contributed by atoms with E-state index < -0.39 is 29.8 Å². The Morgan fingerprint density at radius 2 is 2.23 bits per heavy atom. The third kappa shape index (κ3) is 4.55. The smallest absolute Gasteiger partial charge is 0.180 e. The van der Waals surface area contributed by atoms with Crippen LogP contribution < -0.4 is 5.73 Å². The second-order valence-corrected chi connectivity index (χ2v) is 9.38. The SMILES string of the molecule is COC1C(n2cc(-c3csc(N)n3)nn2)[C@@H](O)C(CO)O[C@@H]1Sc1cc(Cl)cnc1C. The Morgan fingerprint density at radius 3 is 2.90 bits per heavy atom. The highest BCUT2D eigenvalue weighted by Crippen LogP contribution is 2.40. The van der Waals surface area contributed by atoms with Crippen LogP contribution in [0.2, 0.25) is 5.02 Å².